The summed E-state index contributed by atoms with van der Waals surface area (Å²) in [5.41, 5.74) is 0.840. The third-order valence-corrected chi connectivity index (χ3v) is 8.32. The Balaban J connectivity index is 1.61. The Labute approximate surface area is 165 Å². The number of nitrogens with zero attached hydrogens (tertiary/aromatic N) is 1. The minimum Gasteiger partial charge on any atom is -0.504 e. The lowest BCUT2D eigenvalue weighted by molar-refractivity contribution is -0.154. The zero-order valence-corrected chi connectivity index (χ0v) is 16.3. The van der Waals surface area contributed by atoms with Crippen molar-refractivity contribution in [2.75, 3.05) is 13.6 Å². The maximum absolute atomic E-state index is 13.7. The van der Waals surface area contributed by atoms with Crippen molar-refractivity contribution in [1.82, 2.24) is 4.90 Å². The van der Waals surface area contributed by atoms with Crippen molar-refractivity contribution in [1.29, 1.82) is 0 Å². The molecule has 2 aliphatic heterocycles. The smallest absolute Gasteiger partial charge is 0.200 e. The molecule has 2 bridgehead atoms. The highest BCUT2D eigenvalue weighted by Gasteiger charge is 2.72. The van der Waals surface area contributed by atoms with Crippen LogP contribution >= 0.6 is 0 Å². The van der Waals surface area contributed by atoms with Crippen LogP contribution in [0.25, 0.3) is 0 Å². The number of piperidine rings is 1. The highest BCUT2D eigenvalue weighted by molar-refractivity contribution is 6.04. The van der Waals surface area contributed by atoms with E-state index in [1.807, 2.05) is 12.1 Å². The largest absolute Gasteiger partial charge is 0.504 e. The second kappa shape index (κ2) is 5.39. The maximum Gasteiger partial charge on any atom is 0.200 e. The molecule has 28 heavy (non-hydrogen) atoms. The summed E-state index contributed by atoms with van der Waals surface area (Å²) in [6, 6.07) is 3.53. The molecule has 1 saturated heterocycles. The minimum atomic E-state index is -1.14. The van der Waals surface area contributed by atoms with Gasteiger partial charge < -0.3 is 14.9 Å². The van der Waals surface area contributed by atoms with E-state index in [2.05, 4.69) is 11.9 Å². The molecule has 3 aliphatic carbocycles. The molecule has 5 heteroatoms. The summed E-state index contributed by atoms with van der Waals surface area (Å²) in [5, 5.41) is 22.8. The van der Waals surface area contributed by atoms with Gasteiger partial charge in [0, 0.05) is 17.2 Å². The molecular formula is C23H27NO4. The quantitative estimate of drug-likeness (QED) is 0.782. The van der Waals surface area contributed by atoms with E-state index in [0.717, 1.165) is 48.9 Å². The highest BCUT2D eigenvalue weighted by atomic mass is 16.5. The van der Waals surface area contributed by atoms with Crippen molar-refractivity contribution >= 4 is 5.78 Å². The maximum atomic E-state index is 13.7. The van der Waals surface area contributed by atoms with Crippen LogP contribution in [-0.4, -0.2) is 52.2 Å². The number of aromatic hydroxyl groups is 1. The van der Waals surface area contributed by atoms with Crippen molar-refractivity contribution in [3.63, 3.8) is 0 Å². The summed E-state index contributed by atoms with van der Waals surface area (Å²) in [6.45, 7) is 0.807. The lowest BCUT2D eigenvalue weighted by atomic mass is 9.49. The number of likely N-dealkylation sites (N-methyl/N-ethyl adjacent to an activating group) is 1. The molecule has 1 aromatic carbocycles. The van der Waals surface area contributed by atoms with E-state index >= 15 is 0 Å². The minimum absolute atomic E-state index is 0.0309. The number of carbonyl (C=O) groups excluding carboxylic acids is 1. The van der Waals surface area contributed by atoms with Gasteiger partial charge in [0.2, 0.25) is 0 Å². The molecule has 0 amide bonds. The average Bonchev–Trinajstić information content (AvgIpc) is 3.06. The molecule has 0 aromatic heterocycles. The highest BCUT2D eigenvalue weighted by Crippen LogP contribution is 2.64. The summed E-state index contributed by atoms with van der Waals surface area (Å²) in [7, 11) is 2.07. The molecule has 0 radical (unpaired) electrons. The molecule has 2 heterocycles. The van der Waals surface area contributed by atoms with Crippen LogP contribution in [0.3, 0.4) is 0 Å². The normalized spacial score (nSPS) is 39.4. The first kappa shape index (κ1) is 17.0. The molecule has 5 aliphatic rings. The fourth-order valence-electron chi connectivity index (χ4n) is 6.96. The molecule has 2 fully saturated rings. The number of hydrogen-bond acceptors (Lipinski definition) is 5. The van der Waals surface area contributed by atoms with Crippen LogP contribution < -0.4 is 4.74 Å². The van der Waals surface area contributed by atoms with Crippen molar-refractivity contribution in [3.8, 4) is 11.5 Å². The van der Waals surface area contributed by atoms with Crippen molar-refractivity contribution < 1.29 is 19.7 Å². The summed E-state index contributed by atoms with van der Waals surface area (Å²) >= 11 is 0. The number of phenols is 1. The number of rotatable bonds is 1. The third kappa shape index (κ3) is 1.79. The van der Waals surface area contributed by atoms with Gasteiger partial charge in [0.05, 0.1) is 5.41 Å². The van der Waals surface area contributed by atoms with E-state index in [1.54, 1.807) is 6.07 Å². The Bertz CT molecular complexity index is 917. The van der Waals surface area contributed by atoms with Crippen LogP contribution in [0.1, 0.15) is 49.7 Å². The standard InChI is InChI=1S/C23H27NO4/c1-24-10-9-22-18-14-7-8-16(25)20(18)28-21(22)19(26)15(13-5-3-2-4-6-13)12-23(22,27)17(24)11-14/h7-8,12-13,17,21,25,27H,2-6,9-11H2,1H3/t17?,21-,22-,23+/m0/s1. The van der Waals surface area contributed by atoms with Gasteiger partial charge in [-0.25, -0.2) is 0 Å². The summed E-state index contributed by atoms with van der Waals surface area (Å²) in [6.07, 6.45) is 8.10. The first-order valence-corrected chi connectivity index (χ1v) is 10.7. The topological polar surface area (TPSA) is 70.0 Å². The second-order valence-corrected chi connectivity index (χ2v) is 9.49. The first-order chi connectivity index (χ1) is 13.5. The van der Waals surface area contributed by atoms with Gasteiger partial charge in [-0.15, -0.1) is 0 Å². The van der Waals surface area contributed by atoms with Gasteiger partial charge in [-0.05, 0) is 62.9 Å². The number of Topliss-reactive ketones (excluding diaryl/α,β-unsaturated/α-hetero) is 1. The summed E-state index contributed by atoms with van der Waals surface area (Å²) < 4.78 is 6.22. The molecule has 1 spiro atoms. The second-order valence-electron chi connectivity index (χ2n) is 9.49. The summed E-state index contributed by atoms with van der Waals surface area (Å²) in [4.78, 5) is 15.9. The van der Waals surface area contributed by atoms with Crippen molar-refractivity contribution in [3.05, 3.63) is 34.9 Å². The van der Waals surface area contributed by atoms with Crippen LogP contribution in [0.5, 0.6) is 11.5 Å². The molecule has 2 N–H and O–H groups in total. The van der Waals surface area contributed by atoms with Crippen LogP contribution in [0.4, 0.5) is 0 Å². The van der Waals surface area contributed by atoms with Crippen LogP contribution in [0.2, 0.25) is 0 Å². The molecule has 1 unspecified atom stereocenters. The van der Waals surface area contributed by atoms with Crippen molar-refractivity contribution in [2.24, 2.45) is 5.92 Å². The van der Waals surface area contributed by atoms with E-state index in [9.17, 15) is 15.0 Å². The SMILES string of the molecule is CN1CC[C@]23c4c5ccc(O)c4O[C@H]2C(=O)C(C2CCCCC2)=C[C@@]3(O)C1C5. The van der Waals surface area contributed by atoms with E-state index in [1.165, 1.54) is 6.42 Å². The zero-order valence-electron chi connectivity index (χ0n) is 16.3. The number of aliphatic hydroxyl groups is 1. The molecule has 148 valence electrons. The van der Waals surface area contributed by atoms with E-state index in [4.69, 9.17) is 4.74 Å². The van der Waals surface area contributed by atoms with Gasteiger partial charge >= 0.3 is 0 Å². The fourth-order valence-corrected chi connectivity index (χ4v) is 6.96. The van der Waals surface area contributed by atoms with Gasteiger partial charge in [0.25, 0.3) is 0 Å². The molecule has 1 aromatic rings. The molecule has 4 atom stereocenters. The number of ether oxygens (including phenoxy) is 1. The van der Waals surface area contributed by atoms with Gasteiger partial charge in [0.15, 0.2) is 23.4 Å². The van der Waals surface area contributed by atoms with Crippen LogP contribution in [0.15, 0.2) is 23.8 Å². The molecule has 6 rings (SSSR count). The Morgan fingerprint density at radius 1 is 1.21 bits per heavy atom. The lowest BCUT2D eigenvalue weighted by Crippen LogP contribution is -2.75. The van der Waals surface area contributed by atoms with Crippen molar-refractivity contribution in [2.45, 2.75) is 68.1 Å². The van der Waals surface area contributed by atoms with E-state index < -0.39 is 17.1 Å². The number of benzene rings is 1. The predicted octanol–water partition coefficient (Wildman–Crippen LogP) is 2.47. The zero-order chi connectivity index (χ0) is 19.3. The summed E-state index contributed by atoms with van der Waals surface area (Å²) in [5.74, 6) is 0.754. The molecular weight excluding hydrogens is 354 g/mol. The monoisotopic (exact) mass is 381 g/mol. The van der Waals surface area contributed by atoms with Gasteiger partial charge in [-0.2, -0.15) is 0 Å². The third-order valence-electron chi connectivity index (χ3n) is 8.32. The number of likely N-dealkylation sites (tertiary alicyclic amines) is 1. The first-order valence-electron chi connectivity index (χ1n) is 10.7. The lowest BCUT2D eigenvalue weighted by Gasteiger charge is -2.61. The Morgan fingerprint density at radius 2 is 2.00 bits per heavy atom. The van der Waals surface area contributed by atoms with E-state index in [0.29, 0.717) is 18.6 Å². The number of phenolic OH excluding ortho intramolecular Hbond substituents is 1. The fraction of sp³-hybridized carbons (Fsp3) is 0.609. The number of hydrogen-bond donors (Lipinski definition) is 2. The molecule has 5 nitrogen and oxygen atoms in total. The van der Waals surface area contributed by atoms with Crippen LogP contribution in [-0.2, 0) is 16.6 Å². The Morgan fingerprint density at radius 3 is 2.79 bits per heavy atom. The average molecular weight is 381 g/mol. The van der Waals surface area contributed by atoms with Crippen LogP contribution in [0, 0.1) is 5.92 Å². The van der Waals surface area contributed by atoms with Gasteiger partial charge in [-0.3, -0.25) is 9.69 Å². The Kier molecular flexibility index (Phi) is 3.28. The number of carbonyl (C=O) groups is 1. The Hall–Kier alpha value is -1.85. The number of ketones is 1. The van der Waals surface area contributed by atoms with Gasteiger partial charge in [0.1, 0.15) is 5.60 Å². The van der Waals surface area contributed by atoms with E-state index in [-0.39, 0.29) is 23.5 Å². The van der Waals surface area contributed by atoms with Gasteiger partial charge in [-0.1, -0.05) is 25.3 Å². The molecule has 1 saturated carbocycles. The predicted molar refractivity (Wildman–Crippen MR) is 104 cm³/mol.